The SMILES string of the molecule is CCC1NC(C2CCCC2)N(CCOCCC(C)C)C1=O. The fourth-order valence-electron chi connectivity index (χ4n) is 3.49. The summed E-state index contributed by atoms with van der Waals surface area (Å²) in [6.07, 6.45) is 7.36. The van der Waals surface area contributed by atoms with Crippen molar-refractivity contribution in [3.63, 3.8) is 0 Å². The number of carbonyl (C=O) groups is 1. The van der Waals surface area contributed by atoms with Gasteiger partial charge in [-0.25, -0.2) is 0 Å². The number of nitrogens with one attached hydrogen (secondary N) is 1. The lowest BCUT2D eigenvalue weighted by atomic mass is 10.0. The first-order valence-electron chi connectivity index (χ1n) is 8.77. The minimum atomic E-state index is 0.0197. The van der Waals surface area contributed by atoms with E-state index in [2.05, 4.69) is 31.0 Å². The maximum Gasteiger partial charge on any atom is 0.241 e. The van der Waals surface area contributed by atoms with Crippen molar-refractivity contribution in [2.24, 2.45) is 11.8 Å². The van der Waals surface area contributed by atoms with E-state index in [1.54, 1.807) is 0 Å². The van der Waals surface area contributed by atoms with Crippen LogP contribution in [0.4, 0.5) is 0 Å². The van der Waals surface area contributed by atoms with Gasteiger partial charge in [-0.15, -0.1) is 0 Å². The second-order valence-corrected chi connectivity index (χ2v) is 6.94. The van der Waals surface area contributed by atoms with Gasteiger partial charge >= 0.3 is 0 Å². The second kappa shape index (κ2) is 8.14. The van der Waals surface area contributed by atoms with Crippen molar-refractivity contribution >= 4 is 5.91 Å². The van der Waals surface area contributed by atoms with E-state index in [-0.39, 0.29) is 18.1 Å². The summed E-state index contributed by atoms with van der Waals surface area (Å²) in [5, 5.41) is 3.56. The van der Waals surface area contributed by atoms with Crippen molar-refractivity contribution < 1.29 is 9.53 Å². The van der Waals surface area contributed by atoms with Gasteiger partial charge in [0.1, 0.15) is 0 Å². The Balaban J connectivity index is 1.82. The Bertz CT molecular complexity index is 327. The normalized spacial score (nSPS) is 27.2. The fraction of sp³-hybridized carbons (Fsp3) is 0.941. The molecule has 2 rings (SSSR count). The number of hydrogen-bond acceptors (Lipinski definition) is 3. The van der Waals surface area contributed by atoms with Crippen LogP contribution in [0.5, 0.6) is 0 Å². The van der Waals surface area contributed by atoms with E-state index < -0.39 is 0 Å². The van der Waals surface area contributed by atoms with E-state index in [9.17, 15) is 4.79 Å². The average Bonchev–Trinajstić information content (AvgIpc) is 3.07. The number of nitrogens with zero attached hydrogens (tertiary/aromatic N) is 1. The molecular formula is C17H32N2O2. The van der Waals surface area contributed by atoms with E-state index in [0.717, 1.165) is 26.0 Å². The highest BCUT2D eigenvalue weighted by Gasteiger charge is 2.41. The molecule has 122 valence electrons. The van der Waals surface area contributed by atoms with Crippen LogP contribution in [0.2, 0.25) is 0 Å². The van der Waals surface area contributed by atoms with Gasteiger partial charge in [-0.3, -0.25) is 10.1 Å². The van der Waals surface area contributed by atoms with Crippen LogP contribution in [0, 0.1) is 11.8 Å². The molecule has 0 aromatic carbocycles. The molecule has 1 heterocycles. The summed E-state index contributed by atoms with van der Waals surface area (Å²) in [6, 6.07) is 0.0197. The van der Waals surface area contributed by atoms with E-state index in [1.807, 2.05) is 0 Å². The molecular weight excluding hydrogens is 264 g/mol. The van der Waals surface area contributed by atoms with Gasteiger partial charge in [0.05, 0.1) is 18.8 Å². The Hall–Kier alpha value is -0.610. The van der Waals surface area contributed by atoms with Gasteiger partial charge in [0.25, 0.3) is 0 Å². The molecule has 1 aliphatic carbocycles. The number of ether oxygens (including phenoxy) is 1. The Kier molecular flexibility index (Phi) is 6.49. The number of hydrogen-bond donors (Lipinski definition) is 1. The highest BCUT2D eigenvalue weighted by molar-refractivity contribution is 5.84. The zero-order valence-corrected chi connectivity index (χ0v) is 13.9. The molecule has 2 fully saturated rings. The predicted molar refractivity (Wildman–Crippen MR) is 84.9 cm³/mol. The van der Waals surface area contributed by atoms with E-state index in [0.29, 0.717) is 18.4 Å². The van der Waals surface area contributed by atoms with E-state index in [4.69, 9.17) is 4.74 Å². The zero-order valence-electron chi connectivity index (χ0n) is 13.9. The van der Waals surface area contributed by atoms with Gasteiger partial charge in [-0.05, 0) is 37.5 Å². The van der Waals surface area contributed by atoms with Gasteiger partial charge in [0.2, 0.25) is 5.91 Å². The molecule has 0 radical (unpaired) electrons. The summed E-state index contributed by atoms with van der Waals surface area (Å²) in [5.74, 6) is 1.60. The lowest BCUT2D eigenvalue weighted by molar-refractivity contribution is -0.131. The standard InChI is InChI=1S/C17H32N2O2/c1-4-15-17(20)19(10-12-21-11-9-13(2)3)16(18-15)14-7-5-6-8-14/h13-16,18H,4-12H2,1-3H3. The highest BCUT2D eigenvalue weighted by atomic mass is 16.5. The Morgan fingerprint density at radius 1 is 1.29 bits per heavy atom. The second-order valence-electron chi connectivity index (χ2n) is 6.94. The molecule has 4 heteroatoms. The quantitative estimate of drug-likeness (QED) is 0.700. The average molecular weight is 296 g/mol. The topological polar surface area (TPSA) is 41.6 Å². The van der Waals surface area contributed by atoms with Crippen molar-refractivity contribution in [2.45, 2.75) is 71.5 Å². The third-order valence-electron chi connectivity index (χ3n) is 4.86. The molecule has 0 aromatic rings. The fourth-order valence-corrected chi connectivity index (χ4v) is 3.49. The Morgan fingerprint density at radius 3 is 2.62 bits per heavy atom. The summed E-state index contributed by atoms with van der Waals surface area (Å²) in [5.41, 5.74) is 0. The first-order valence-corrected chi connectivity index (χ1v) is 8.77. The van der Waals surface area contributed by atoms with Crippen LogP contribution < -0.4 is 5.32 Å². The molecule has 1 saturated heterocycles. The minimum absolute atomic E-state index is 0.0197. The van der Waals surface area contributed by atoms with Crippen molar-refractivity contribution in [3.05, 3.63) is 0 Å². The van der Waals surface area contributed by atoms with Gasteiger partial charge in [0.15, 0.2) is 0 Å². The zero-order chi connectivity index (χ0) is 15.2. The Morgan fingerprint density at radius 2 is 2.00 bits per heavy atom. The molecule has 0 aromatic heterocycles. The third kappa shape index (κ3) is 4.43. The molecule has 1 saturated carbocycles. The van der Waals surface area contributed by atoms with Crippen molar-refractivity contribution in [3.8, 4) is 0 Å². The highest BCUT2D eigenvalue weighted by Crippen LogP contribution is 2.32. The molecule has 1 aliphatic heterocycles. The van der Waals surface area contributed by atoms with Gasteiger partial charge in [0, 0.05) is 13.2 Å². The van der Waals surface area contributed by atoms with Crippen LogP contribution >= 0.6 is 0 Å². The molecule has 1 N–H and O–H groups in total. The van der Waals surface area contributed by atoms with Crippen molar-refractivity contribution in [1.29, 1.82) is 0 Å². The van der Waals surface area contributed by atoms with Crippen LogP contribution in [0.15, 0.2) is 0 Å². The number of rotatable bonds is 8. The smallest absolute Gasteiger partial charge is 0.241 e. The van der Waals surface area contributed by atoms with Crippen molar-refractivity contribution in [2.75, 3.05) is 19.8 Å². The van der Waals surface area contributed by atoms with Crippen LogP contribution in [-0.2, 0) is 9.53 Å². The van der Waals surface area contributed by atoms with E-state index in [1.165, 1.54) is 25.7 Å². The molecule has 4 nitrogen and oxygen atoms in total. The van der Waals surface area contributed by atoms with Crippen molar-refractivity contribution in [1.82, 2.24) is 10.2 Å². The van der Waals surface area contributed by atoms with Crippen LogP contribution in [0.3, 0.4) is 0 Å². The number of amides is 1. The van der Waals surface area contributed by atoms with Gasteiger partial charge < -0.3 is 9.64 Å². The molecule has 2 aliphatic rings. The molecule has 2 atom stereocenters. The predicted octanol–water partition coefficient (Wildman–Crippen LogP) is 2.78. The maximum absolute atomic E-state index is 12.5. The molecule has 0 bridgehead atoms. The Labute approximate surface area is 129 Å². The maximum atomic E-state index is 12.5. The molecule has 0 spiro atoms. The monoisotopic (exact) mass is 296 g/mol. The molecule has 1 amide bonds. The lowest BCUT2D eigenvalue weighted by Gasteiger charge is -2.29. The summed E-state index contributed by atoms with van der Waals surface area (Å²) in [7, 11) is 0. The van der Waals surface area contributed by atoms with Crippen LogP contribution in [0.1, 0.15) is 59.3 Å². The van der Waals surface area contributed by atoms with Crippen LogP contribution in [0.25, 0.3) is 0 Å². The molecule has 21 heavy (non-hydrogen) atoms. The third-order valence-corrected chi connectivity index (χ3v) is 4.86. The minimum Gasteiger partial charge on any atom is -0.380 e. The lowest BCUT2D eigenvalue weighted by Crippen LogP contribution is -2.44. The molecule has 2 unspecified atom stereocenters. The first-order chi connectivity index (χ1) is 10.1. The number of carbonyl (C=O) groups excluding carboxylic acids is 1. The largest absolute Gasteiger partial charge is 0.380 e. The van der Waals surface area contributed by atoms with Crippen LogP contribution in [-0.4, -0.2) is 42.8 Å². The summed E-state index contributed by atoms with van der Waals surface area (Å²) >= 11 is 0. The summed E-state index contributed by atoms with van der Waals surface area (Å²) in [6.45, 7) is 8.71. The van der Waals surface area contributed by atoms with Gasteiger partial charge in [-0.1, -0.05) is 33.6 Å². The summed E-state index contributed by atoms with van der Waals surface area (Å²) in [4.78, 5) is 14.5. The van der Waals surface area contributed by atoms with E-state index >= 15 is 0 Å². The van der Waals surface area contributed by atoms with Gasteiger partial charge in [-0.2, -0.15) is 0 Å². The summed E-state index contributed by atoms with van der Waals surface area (Å²) < 4.78 is 5.71. The first kappa shape index (κ1) is 16.8.